The highest BCUT2D eigenvalue weighted by molar-refractivity contribution is 9.10. The SMILES string of the molecule is CCCC(Oc1ccc(Br)cc1)C(=O)N/N=C/c1ccccc1O. The van der Waals surface area contributed by atoms with Crippen LogP contribution in [-0.2, 0) is 4.79 Å². The van der Waals surface area contributed by atoms with Crippen LogP contribution >= 0.6 is 15.9 Å². The summed E-state index contributed by atoms with van der Waals surface area (Å²) in [5.41, 5.74) is 2.99. The van der Waals surface area contributed by atoms with Gasteiger partial charge in [0.15, 0.2) is 6.10 Å². The van der Waals surface area contributed by atoms with Crippen molar-refractivity contribution in [3.8, 4) is 11.5 Å². The lowest BCUT2D eigenvalue weighted by atomic mass is 10.2. The normalized spacial score (nSPS) is 12.1. The molecule has 0 spiro atoms. The van der Waals surface area contributed by atoms with Gasteiger partial charge in [0, 0.05) is 10.0 Å². The number of para-hydroxylation sites is 1. The van der Waals surface area contributed by atoms with Gasteiger partial charge < -0.3 is 9.84 Å². The lowest BCUT2D eigenvalue weighted by molar-refractivity contribution is -0.128. The number of halogens is 1. The van der Waals surface area contributed by atoms with Crippen LogP contribution in [0.25, 0.3) is 0 Å². The summed E-state index contributed by atoms with van der Waals surface area (Å²) < 4.78 is 6.69. The quantitative estimate of drug-likeness (QED) is 0.556. The summed E-state index contributed by atoms with van der Waals surface area (Å²) in [5.74, 6) is 0.398. The van der Waals surface area contributed by atoms with Gasteiger partial charge in [0.25, 0.3) is 5.91 Å². The number of carbonyl (C=O) groups excluding carboxylic acids is 1. The summed E-state index contributed by atoms with van der Waals surface area (Å²) in [5, 5.41) is 13.5. The minimum Gasteiger partial charge on any atom is -0.507 e. The Morgan fingerprint density at radius 3 is 2.67 bits per heavy atom. The van der Waals surface area contributed by atoms with Crippen molar-refractivity contribution in [2.75, 3.05) is 0 Å². The molecule has 0 fully saturated rings. The van der Waals surface area contributed by atoms with Crippen LogP contribution in [0.1, 0.15) is 25.3 Å². The molecule has 0 aliphatic carbocycles. The van der Waals surface area contributed by atoms with E-state index >= 15 is 0 Å². The standard InChI is InChI=1S/C18H19BrN2O3/c1-2-5-17(24-15-10-8-14(19)9-11-15)18(23)21-20-12-13-6-3-4-7-16(13)22/h3-4,6-12,17,22H,2,5H2,1H3,(H,21,23)/b20-12+. The Balaban J connectivity index is 1.98. The number of rotatable bonds is 7. The van der Waals surface area contributed by atoms with E-state index in [1.165, 1.54) is 6.21 Å². The molecule has 2 rings (SSSR count). The Hall–Kier alpha value is -2.34. The van der Waals surface area contributed by atoms with Crippen LogP contribution < -0.4 is 10.2 Å². The lowest BCUT2D eigenvalue weighted by Crippen LogP contribution is -2.35. The molecule has 5 nitrogen and oxygen atoms in total. The highest BCUT2D eigenvalue weighted by atomic mass is 79.9. The zero-order valence-corrected chi connectivity index (χ0v) is 14.9. The van der Waals surface area contributed by atoms with E-state index in [0.717, 1.165) is 10.9 Å². The second kappa shape index (κ2) is 9.08. The van der Waals surface area contributed by atoms with Gasteiger partial charge >= 0.3 is 0 Å². The highest BCUT2D eigenvalue weighted by Crippen LogP contribution is 2.18. The Morgan fingerprint density at radius 1 is 1.29 bits per heavy atom. The molecule has 1 atom stereocenters. The number of amides is 1. The summed E-state index contributed by atoms with van der Waals surface area (Å²) in [7, 11) is 0. The van der Waals surface area contributed by atoms with Crippen LogP contribution in [0.15, 0.2) is 58.1 Å². The average molecular weight is 391 g/mol. The summed E-state index contributed by atoms with van der Waals surface area (Å²) in [6.07, 6.45) is 2.15. The zero-order chi connectivity index (χ0) is 17.4. The van der Waals surface area contributed by atoms with Crippen LogP contribution in [0.4, 0.5) is 0 Å². The number of hydrogen-bond donors (Lipinski definition) is 2. The maximum Gasteiger partial charge on any atom is 0.281 e. The van der Waals surface area contributed by atoms with Gasteiger partial charge in [0.1, 0.15) is 11.5 Å². The van der Waals surface area contributed by atoms with E-state index in [-0.39, 0.29) is 11.7 Å². The molecule has 24 heavy (non-hydrogen) atoms. The van der Waals surface area contributed by atoms with Crippen LogP contribution in [0.3, 0.4) is 0 Å². The first kappa shape index (κ1) is 18.0. The maximum absolute atomic E-state index is 12.3. The van der Waals surface area contributed by atoms with Crippen molar-refractivity contribution in [3.05, 3.63) is 58.6 Å². The van der Waals surface area contributed by atoms with E-state index in [2.05, 4.69) is 26.5 Å². The fraction of sp³-hybridized carbons (Fsp3) is 0.222. The maximum atomic E-state index is 12.3. The predicted molar refractivity (Wildman–Crippen MR) is 97.3 cm³/mol. The van der Waals surface area contributed by atoms with E-state index in [1.54, 1.807) is 36.4 Å². The number of nitrogens with one attached hydrogen (secondary N) is 1. The number of hydrogen-bond acceptors (Lipinski definition) is 4. The van der Waals surface area contributed by atoms with Crippen molar-refractivity contribution >= 4 is 28.1 Å². The number of phenols is 1. The average Bonchev–Trinajstić information content (AvgIpc) is 2.58. The molecule has 0 heterocycles. The van der Waals surface area contributed by atoms with E-state index in [1.807, 2.05) is 19.1 Å². The van der Waals surface area contributed by atoms with Crippen molar-refractivity contribution in [1.29, 1.82) is 0 Å². The molecule has 2 aromatic carbocycles. The van der Waals surface area contributed by atoms with Crippen molar-refractivity contribution < 1.29 is 14.6 Å². The Kier molecular flexibility index (Phi) is 6.81. The number of carbonyl (C=O) groups is 1. The van der Waals surface area contributed by atoms with Crippen molar-refractivity contribution in [1.82, 2.24) is 5.43 Å². The van der Waals surface area contributed by atoms with Crippen LogP contribution in [0, 0.1) is 0 Å². The molecule has 1 amide bonds. The molecule has 126 valence electrons. The van der Waals surface area contributed by atoms with E-state index in [4.69, 9.17) is 4.74 Å². The molecule has 0 aromatic heterocycles. The first-order chi connectivity index (χ1) is 11.6. The summed E-state index contributed by atoms with van der Waals surface area (Å²) in [4.78, 5) is 12.3. The van der Waals surface area contributed by atoms with E-state index in [0.29, 0.717) is 17.7 Å². The minimum atomic E-state index is -0.627. The predicted octanol–water partition coefficient (Wildman–Crippen LogP) is 3.85. The fourth-order valence-corrected chi connectivity index (χ4v) is 2.28. The number of nitrogens with zero attached hydrogens (tertiary/aromatic N) is 1. The topological polar surface area (TPSA) is 70.9 Å². The van der Waals surface area contributed by atoms with Crippen LogP contribution in [0.2, 0.25) is 0 Å². The van der Waals surface area contributed by atoms with Gasteiger partial charge in [-0.3, -0.25) is 4.79 Å². The molecule has 2 aromatic rings. The summed E-state index contributed by atoms with van der Waals surface area (Å²) in [6, 6.07) is 14.1. The van der Waals surface area contributed by atoms with Crippen molar-refractivity contribution in [2.45, 2.75) is 25.9 Å². The number of benzene rings is 2. The Labute approximate surface area is 149 Å². The van der Waals surface area contributed by atoms with Crippen molar-refractivity contribution in [2.24, 2.45) is 5.10 Å². The summed E-state index contributed by atoms with van der Waals surface area (Å²) in [6.45, 7) is 1.98. The molecule has 6 heteroatoms. The number of phenolic OH excluding ortho intramolecular Hbond substituents is 1. The van der Waals surface area contributed by atoms with Gasteiger partial charge in [-0.1, -0.05) is 41.4 Å². The van der Waals surface area contributed by atoms with E-state index < -0.39 is 6.10 Å². The molecule has 0 bridgehead atoms. The Bertz CT molecular complexity index is 702. The molecule has 1 unspecified atom stereocenters. The second-order valence-electron chi connectivity index (χ2n) is 5.14. The first-order valence-electron chi connectivity index (χ1n) is 7.63. The summed E-state index contributed by atoms with van der Waals surface area (Å²) >= 11 is 3.36. The van der Waals surface area contributed by atoms with E-state index in [9.17, 15) is 9.90 Å². The van der Waals surface area contributed by atoms with Gasteiger partial charge in [-0.15, -0.1) is 0 Å². The third-order valence-corrected chi connectivity index (χ3v) is 3.78. The molecular formula is C18H19BrN2O3. The first-order valence-corrected chi connectivity index (χ1v) is 8.42. The largest absolute Gasteiger partial charge is 0.507 e. The molecule has 0 radical (unpaired) electrons. The van der Waals surface area contributed by atoms with Crippen LogP contribution in [-0.4, -0.2) is 23.3 Å². The molecular weight excluding hydrogens is 372 g/mol. The molecule has 0 saturated carbocycles. The molecule has 0 aliphatic rings. The highest BCUT2D eigenvalue weighted by Gasteiger charge is 2.19. The smallest absolute Gasteiger partial charge is 0.281 e. The third kappa shape index (κ3) is 5.38. The van der Waals surface area contributed by atoms with Gasteiger partial charge in [-0.25, -0.2) is 5.43 Å². The van der Waals surface area contributed by atoms with Gasteiger partial charge in [0.2, 0.25) is 0 Å². The van der Waals surface area contributed by atoms with Gasteiger partial charge in [-0.2, -0.15) is 5.10 Å². The van der Waals surface area contributed by atoms with Crippen LogP contribution in [0.5, 0.6) is 11.5 Å². The van der Waals surface area contributed by atoms with Crippen molar-refractivity contribution in [3.63, 3.8) is 0 Å². The number of hydrazone groups is 1. The molecule has 0 saturated heterocycles. The number of aromatic hydroxyl groups is 1. The second-order valence-corrected chi connectivity index (χ2v) is 6.06. The third-order valence-electron chi connectivity index (χ3n) is 3.25. The monoisotopic (exact) mass is 390 g/mol. The Morgan fingerprint density at radius 2 is 2.00 bits per heavy atom. The minimum absolute atomic E-state index is 0.103. The molecule has 0 aliphatic heterocycles. The number of ether oxygens (including phenoxy) is 1. The molecule has 2 N–H and O–H groups in total. The van der Waals surface area contributed by atoms with Gasteiger partial charge in [-0.05, 0) is 42.8 Å². The zero-order valence-electron chi connectivity index (χ0n) is 13.3. The van der Waals surface area contributed by atoms with Gasteiger partial charge in [0.05, 0.1) is 6.21 Å². The fourth-order valence-electron chi connectivity index (χ4n) is 2.02. The lowest BCUT2D eigenvalue weighted by Gasteiger charge is -2.16.